The molecule has 98 valence electrons. The molecule has 0 amide bonds. The average molecular weight is 242 g/mol. The van der Waals surface area contributed by atoms with Gasteiger partial charge in [-0.3, -0.25) is 9.59 Å². The van der Waals surface area contributed by atoms with Gasteiger partial charge in [0, 0.05) is 12.3 Å². The van der Waals surface area contributed by atoms with E-state index in [1.807, 2.05) is 0 Å². The minimum atomic E-state index is -0.543. The Morgan fingerprint density at radius 2 is 1.65 bits per heavy atom. The van der Waals surface area contributed by atoms with E-state index < -0.39 is 11.5 Å². The summed E-state index contributed by atoms with van der Waals surface area (Å²) in [7, 11) is 0. The predicted octanol–water partition coefficient (Wildman–Crippen LogP) is 2.29. The molecule has 0 unspecified atom stereocenters. The molecule has 0 fully saturated rings. The second kappa shape index (κ2) is 6.52. The summed E-state index contributed by atoms with van der Waals surface area (Å²) in [5.41, 5.74) is -0.543. The number of carbonyl (C=O) groups excluding carboxylic acids is 3. The molecule has 0 N–H and O–H groups in total. The standard InChI is InChI=1S/C13H22O4/c1-9(14)6-7-11(10(2)15)8-12(16)17-13(3,4)5/h11H,6-8H2,1-5H3/t11-/m1/s1. The highest BCUT2D eigenvalue weighted by Gasteiger charge is 2.23. The van der Waals surface area contributed by atoms with Crippen molar-refractivity contribution in [3.8, 4) is 0 Å². The van der Waals surface area contributed by atoms with Crippen molar-refractivity contribution in [2.75, 3.05) is 0 Å². The van der Waals surface area contributed by atoms with Crippen LogP contribution in [-0.4, -0.2) is 23.1 Å². The normalized spacial score (nSPS) is 13.0. The maximum Gasteiger partial charge on any atom is 0.307 e. The van der Waals surface area contributed by atoms with Crippen molar-refractivity contribution in [3.63, 3.8) is 0 Å². The van der Waals surface area contributed by atoms with Gasteiger partial charge in [0.25, 0.3) is 0 Å². The Morgan fingerprint density at radius 3 is 2.00 bits per heavy atom. The van der Waals surface area contributed by atoms with Crippen LogP contribution in [0.4, 0.5) is 0 Å². The molecule has 0 spiro atoms. The second-order valence-corrected chi connectivity index (χ2v) is 5.34. The van der Waals surface area contributed by atoms with Gasteiger partial charge < -0.3 is 9.53 Å². The van der Waals surface area contributed by atoms with Crippen molar-refractivity contribution in [1.82, 2.24) is 0 Å². The van der Waals surface area contributed by atoms with E-state index in [1.165, 1.54) is 13.8 Å². The van der Waals surface area contributed by atoms with Crippen molar-refractivity contribution < 1.29 is 19.1 Å². The Bertz CT molecular complexity index is 299. The topological polar surface area (TPSA) is 60.4 Å². The average Bonchev–Trinajstić information content (AvgIpc) is 2.08. The lowest BCUT2D eigenvalue weighted by molar-refractivity contribution is -0.157. The summed E-state index contributed by atoms with van der Waals surface area (Å²) < 4.78 is 5.15. The van der Waals surface area contributed by atoms with E-state index in [4.69, 9.17) is 4.74 Å². The largest absolute Gasteiger partial charge is 0.460 e. The van der Waals surface area contributed by atoms with E-state index in [1.54, 1.807) is 20.8 Å². The Balaban J connectivity index is 4.30. The van der Waals surface area contributed by atoms with Crippen LogP contribution in [0.1, 0.15) is 53.9 Å². The van der Waals surface area contributed by atoms with E-state index in [9.17, 15) is 14.4 Å². The number of carbonyl (C=O) groups is 3. The smallest absolute Gasteiger partial charge is 0.307 e. The summed E-state index contributed by atoms with van der Waals surface area (Å²) in [6.07, 6.45) is 0.802. The molecule has 0 rings (SSSR count). The van der Waals surface area contributed by atoms with Crippen molar-refractivity contribution in [2.45, 2.75) is 59.5 Å². The van der Waals surface area contributed by atoms with Gasteiger partial charge in [0.2, 0.25) is 0 Å². The first-order chi connectivity index (χ1) is 7.61. The van der Waals surface area contributed by atoms with E-state index in [0.29, 0.717) is 12.8 Å². The second-order valence-electron chi connectivity index (χ2n) is 5.34. The minimum absolute atomic E-state index is 0.0282. The van der Waals surface area contributed by atoms with Crippen molar-refractivity contribution in [2.24, 2.45) is 5.92 Å². The van der Waals surface area contributed by atoms with E-state index in [2.05, 4.69) is 0 Å². The summed E-state index contributed by atoms with van der Waals surface area (Å²) in [6, 6.07) is 0. The van der Waals surface area contributed by atoms with Gasteiger partial charge in [0.1, 0.15) is 17.2 Å². The molecule has 1 atom stereocenters. The fourth-order valence-electron chi connectivity index (χ4n) is 1.41. The SMILES string of the molecule is CC(=O)CC[C@H](CC(=O)OC(C)(C)C)C(C)=O. The fraction of sp³-hybridized carbons (Fsp3) is 0.769. The van der Waals surface area contributed by atoms with Crippen molar-refractivity contribution in [1.29, 1.82) is 0 Å². The molecule has 0 aliphatic carbocycles. The molecule has 0 radical (unpaired) electrons. The van der Waals surface area contributed by atoms with E-state index in [0.717, 1.165) is 0 Å². The number of ether oxygens (including phenoxy) is 1. The predicted molar refractivity (Wildman–Crippen MR) is 64.5 cm³/mol. The van der Waals surface area contributed by atoms with Gasteiger partial charge in [0.05, 0.1) is 6.42 Å². The first kappa shape index (κ1) is 15.8. The summed E-state index contributed by atoms with van der Waals surface area (Å²) in [4.78, 5) is 33.8. The summed E-state index contributed by atoms with van der Waals surface area (Å²) in [5.74, 6) is -0.840. The highest BCUT2D eigenvalue weighted by molar-refractivity contribution is 5.84. The highest BCUT2D eigenvalue weighted by atomic mass is 16.6. The molecular weight excluding hydrogens is 220 g/mol. The highest BCUT2D eigenvalue weighted by Crippen LogP contribution is 2.17. The molecule has 0 saturated carbocycles. The lowest BCUT2D eigenvalue weighted by Gasteiger charge is -2.21. The van der Waals surface area contributed by atoms with E-state index in [-0.39, 0.29) is 24.0 Å². The number of rotatable bonds is 6. The van der Waals surface area contributed by atoms with Gasteiger partial charge in [-0.1, -0.05) is 0 Å². The van der Waals surface area contributed by atoms with Crippen LogP contribution in [0.25, 0.3) is 0 Å². The number of hydrogen-bond donors (Lipinski definition) is 0. The molecule has 4 heteroatoms. The monoisotopic (exact) mass is 242 g/mol. The number of esters is 1. The van der Waals surface area contributed by atoms with Crippen LogP contribution >= 0.6 is 0 Å². The molecular formula is C13H22O4. The van der Waals surface area contributed by atoms with Gasteiger partial charge >= 0.3 is 5.97 Å². The summed E-state index contributed by atoms with van der Waals surface area (Å²) in [5, 5.41) is 0. The Morgan fingerprint density at radius 1 is 1.12 bits per heavy atom. The fourth-order valence-corrected chi connectivity index (χ4v) is 1.41. The molecule has 17 heavy (non-hydrogen) atoms. The Kier molecular flexibility index (Phi) is 6.07. The third kappa shape index (κ3) is 8.60. The molecule has 0 aromatic carbocycles. The van der Waals surface area contributed by atoms with Crippen LogP contribution in [0, 0.1) is 5.92 Å². The molecule has 0 aromatic heterocycles. The zero-order valence-corrected chi connectivity index (χ0v) is 11.3. The third-order valence-electron chi connectivity index (χ3n) is 2.25. The zero-order valence-electron chi connectivity index (χ0n) is 11.3. The van der Waals surface area contributed by atoms with Gasteiger partial charge in [-0.05, 0) is 41.0 Å². The van der Waals surface area contributed by atoms with Crippen LogP contribution in [0.15, 0.2) is 0 Å². The summed E-state index contributed by atoms with van der Waals surface area (Å²) in [6.45, 7) is 8.26. The van der Waals surface area contributed by atoms with Gasteiger partial charge in [-0.2, -0.15) is 0 Å². The number of ketones is 2. The van der Waals surface area contributed by atoms with Crippen LogP contribution in [0.2, 0.25) is 0 Å². The molecule has 0 aliphatic rings. The lowest BCUT2D eigenvalue weighted by Crippen LogP contribution is -2.27. The van der Waals surface area contributed by atoms with Crippen LogP contribution in [0.3, 0.4) is 0 Å². The molecule has 0 bridgehead atoms. The maximum absolute atomic E-state index is 11.6. The maximum atomic E-state index is 11.6. The molecule has 0 saturated heterocycles. The Labute approximate surface area is 103 Å². The van der Waals surface area contributed by atoms with Crippen molar-refractivity contribution >= 4 is 17.5 Å². The quantitative estimate of drug-likeness (QED) is 0.670. The van der Waals surface area contributed by atoms with Gasteiger partial charge in [0.15, 0.2) is 0 Å². The first-order valence-electron chi connectivity index (χ1n) is 5.83. The molecule has 0 heterocycles. The van der Waals surface area contributed by atoms with Crippen LogP contribution < -0.4 is 0 Å². The van der Waals surface area contributed by atoms with Gasteiger partial charge in [-0.15, -0.1) is 0 Å². The molecule has 0 aromatic rings. The van der Waals surface area contributed by atoms with Crippen LogP contribution in [0.5, 0.6) is 0 Å². The molecule has 4 nitrogen and oxygen atoms in total. The first-order valence-corrected chi connectivity index (χ1v) is 5.83. The minimum Gasteiger partial charge on any atom is -0.460 e. The molecule has 0 aliphatic heterocycles. The third-order valence-corrected chi connectivity index (χ3v) is 2.25. The lowest BCUT2D eigenvalue weighted by atomic mass is 9.94. The van der Waals surface area contributed by atoms with Crippen LogP contribution in [-0.2, 0) is 19.1 Å². The Hall–Kier alpha value is -1.19. The van der Waals surface area contributed by atoms with Crippen molar-refractivity contribution in [3.05, 3.63) is 0 Å². The number of Topliss-reactive ketones (excluding diaryl/α,β-unsaturated/α-hetero) is 2. The van der Waals surface area contributed by atoms with E-state index >= 15 is 0 Å². The summed E-state index contributed by atoms with van der Waals surface area (Å²) >= 11 is 0. The number of hydrogen-bond acceptors (Lipinski definition) is 4. The van der Waals surface area contributed by atoms with Gasteiger partial charge in [-0.25, -0.2) is 0 Å². The zero-order chi connectivity index (χ0) is 13.6.